The summed E-state index contributed by atoms with van der Waals surface area (Å²) >= 11 is 0. The van der Waals surface area contributed by atoms with Crippen LogP contribution in [-0.2, 0) is 16.4 Å². The number of fused-ring (bicyclic) bond motifs is 1. The molecule has 1 aromatic carbocycles. The second-order valence-electron chi connectivity index (χ2n) is 4.41. The van der Waals surface area contributed by atoms with Gasteiger partial charge in [-0.25, -0.2) is 13.1 Å². The van der Waals surface area contributed by atoms with Gasteiger partial charge in [0.05, 0.1) is 11.5 Å². The summed E-state index contributed by atoms with van der Waals surface area (Å²) in [5.74, 6) is 0.789. The van der Waals surface area contributed by atoms with Crippen molar-refractivity contribution in [2.75, 3.05) is 20.2 Å². The van der Waals surface area contributed by atoms with Crippen LogP contribution in [0.4, 0.5) is 0 Å². The number of benzene rings is 1. The third-order valence-corrected chi connectivity index (χ3v) is 4.46. The maximum Gasteiger partial charge on any atom is 0.240 e. The number of hydrogen-bond donors (Lipinski definition) is 2. The zero-order chi connectivity index (χ0) is 13.2. The predicted octanol–water partition coefficient (Wildman–Crippen LogP) is 0.929. The van der Waals surface area contributed by atoms with Gasteiger partial charge in [0, 0.05) is 19.0 Å². The highest BCUT2D eigenvalue weighted by Crippen LogP contribution is 2.27. The van der Waals surface area contributed by atoms with Crippen LogP contribution in [0, 0.1) is 0 Å². The third-order valence-electron chi connectivity index (χ3n) is 3.04. The minimum atomic E-state index is -3.43. The largest absolute Gasteiger partial charge is 0.493 e. The molecule has 0 radical (unpaired) electrons. The molecule has 1 aliphatic rings. The highest BCUT2D eigenvalue weighted by Gasteiger charge is 2.19. The second-order valence-corrected chi connectivity index (χ2v) is 6.18. The van der Waals surface area contributed by atoms with Crippen LogP contribution in [0.5, 0.6) is 5.75 Å². The summed E-state index contributed by atoms with van der Waals surface area (Å²) in [5, 5.41) is 2.98. The van der Waals surface area contributed by atoms with Crippen LogP contribution < -0.4 is 14.8 Å². The average Bonchev–Trinajstić information content (AvgIpc) is 2.83. The van der Waals surface area contributed by atoms with Gasteiger partial charge in [-0.1, -0.05) is 0 Å². The minimum absolute atomic E-state index is 0. The summed E-state index contributed by atoms with van der Waals surface area (Å²) in [6.45, 7) is 2.91. The summed E-state index contributed by atoms with van der Waals surface area (Å²) in [6, 6.07) is 5.08. The Labute approximate surface area is 120 Å². The number of ether oxygens (including phenoxy) is 1. The highest BCUT2D eigenvalue weighted by atomic mass is 35.5. The third kappa shape index (κ3) is 3.82. The summed E-state index contributed by atoms with van der Waals surface area (Å²) < 4.78 is 32.1. The van der Waals surface area contributed by atoms with E-state index >= 15 is 0 Å². The molecule has 108 valence electrons. The molecular weight excluding hydrogens is 288 g/mol. The monoisotopic (exact) mass is 306 g/mol. The van der Waals surface area contributed by atoms with Gasteiger partial charge >= 0.3 is 0 Å². The van der Waals surface area contributed by atoms with Crippen LogP contribution >= 0.6 is 12.4 Å². The maximum atomic E-state index is 12.1. The van der Waals surface area contributed by atoms with E-state index < -0.39 is 10.0 Å². The fourth-order valence-electron chi connectivity index (χ4n) is 1.75. The van der Waals surface area contributed by atoms with Gasteiger partial charge < -0.3 is 10.1 Å². The lowest BCUT2D eigenvalue weighted by molar-refractivity contribution is 0.356. The number of nitrogens with one attached hydrogen (secondary N) is 2. The molecule has 1 atom stereocenters. The van der Waals surface area contributed by atoms with E-state index in [1.54, 1.807) is 25.2 Å². The molecule has 0 saturated heterocycles. The Morgan fingerprint density at radius 1 is 1.42 bits per heavy atom. The normalized spacial score (nSPS) is 15.3. The maximum absolute atomic E-state index is 12.1. The standard InChI is InChI=1S/C12H18N2O3S.ClH/c1-9(13-2)8-14-18(15,16)11-3-4-12-10(7-11)5-6-17-12;/h3-4,7,9,13-14H,5-6,8H2,1-2H3;1H. The van der Waals surface area contributed by atoms with Crippen molar-refractivity contribution in [2.24, 2.45) is 0 Å². The van der Waals surface area contributed by atoms with Crippen molar-refractivity contribution in [2.45, 2.75) is 24.3 Å². The molecule has 0 amide bonds. The van der Waals surface area contributed by atoms with Gasteiger partial charge in [0.15, 0.2) is 0 Å². The molecule has 0 aliphatic carbocycles. The lowest BCUT2D eigenvalue weighted by Crippen LogP contribution is -2.37. The van der Waals surface area contributed by atoms with Gasteiger partial charge in [0.1, 0.15) is 5.75 Å². The second kappa shape index (κ2) is 6.56. The van der Waals surface area contributed by atoms with Crippen LogP contribution in [0.15, 0.2) is 23.1 Å². The highest BCUT2D eigenvalue weighted by molar-refractivity contribution is 7.89. The van der Waals surface area contributed by atoms with Crippen molar-refractivity contribution in [1.82, 2.24) is 10.0 Å². The molecule has 2 N–H and O–H groups in total. The lowest BCUT2D eigenvalue weighted by atomic mass is 10.2. The van der Waals surface area contributed by atoms with Gasteiger partial charge in [0.2, 0.25) is 10.0 Å². The van der Waals surface area contributed by atoms with Crippen molar-refractivity contribution < 1.29 is 13.2 Å². The van der Waals surface area contributed by atoms with Crippen molar-refractivity contribution in [1.29, 1.82) is 0 Å². The molecule has 1 aliphatic heterocycles. The molecule has 7 heteroatoms. The van der Waals surface area contributed by atoms with E-state index in [4.69, 9.17) is 4.74 Å². The molecule has 19 heavy (non-hydrogen) atoms. The van der Waals surface area contributed by atoms with Crippen molar-refractivity contribution >= 4 is 22.4 Å². The van der Waals surface area contributed by atoms with E-state index in [0.717, 1.165) is 17.7 Å². The summed E-state index contributed by atoms with van der Waals surface area (Å²) in [4.78, 5) is 0.301. The Morgan fingerprint density at radius 3 is 2.84 bits per heavy atom. The topological polar surface area (TPSA) is 67.4 Å². The van der Waals surface area contributed by atoms with Gasteiger partial charge in [-0.3, -0.25) is 0 Å². The smallest absolute Gasteiger partial charge is 0.240 e. The first kappa shape index (κ1) is 16.2. The van der Waals surface area contributed by atoms with E-state index in [1.165, 1.54) is 0 Å². The molecule has 0 saturated carbocycles. The molecule has 1 aromatic rings. The number of rotatable bonds is 5. The van der Waals surface area contributed by atoms with E-state index in [1.807, 2.05) is 6.92 Å². The first-order chi connectivity index (χ1) is 8.53. The first-order valence-electron chi connectivity index (χ1n) is 5.95. The molecule has 0 aromatic heterocycles. The van der Waals surface area contributed by atoms with Crippen molar-refractivity contribution in [3.05, 3.63) is 23.8 Å². The first-order valence-corrected chi connectivity index (χ1v) is 7.44. The number of likely N-dealkylation sites (N-methyl/N-ethyl adjacent to an activating group) is 1. The summed E-state index contributed by atoms with van der Waals surface area (Å²) in [6.07, 6.45) is 0.769. The summed E-state index contributed by atoms with van der Waals surface area (Å²) in [5.41, 5.74) is 0.958. The van der Waals surface area contributed by atoms with Crippen LogP contribution in [0.1, 0.15) is 12.5 Å². The van der Waals surface area contributed by atoms with E-state index in [2.05, 4.69) is 10.0 Å². The quantitative estimate of drug-likeness (QED) is 0.849. The Balaban J connectivity index is 0.00000180. The van der Waals surface area contributed by atoms with Crippen molar-refractivity contribution in [3.8, 4) is 5.75 Å². The fraction of sp³-hybridized carbons (Fsp3) is 0.500. The van der Waals surface area contributed by atoms with Gasteiger partial charge in [-0.2, -0.15) is 0 Å². The number of sulfonamides is 1. The van der Waals surface area contributed by atoms with Crippen LogP contribution in [-0.4, -0.2) is 34.7 Å². The van der Waals surface area contributed by atoms with E-state index in [0.29, 0.717) is 18.0 Å². The Bertz CT molecular complexity index is 534. The fourth-order valence-corrected chi connectivity index (χ4v) is 2.93. The molecule has 1 heterocycles. The molecule has 2 rings (SSSR count). The Hall–Kier alpha value is -0.820. The molecular formula is C12H19ClN2O3S. The summed E-state index contributed by atoms with van der Waals surface area (Å²) in [7, 11) is -1.64. The molecule has 5 nitrogen and oxygen atoms in total. The van der Waals surface area contributed by atoms with Gasteiger partial charge in [0.25, 0.3) is 0 Å². The zero-order valence-electron chi connectivity index (χ0n) is 11.0. The van der Waals surface area contributed by atoms with Crippen molar-refractivity contribution in [3.63, 3.8) is 0 Å². The molecule has 1 unspecified atom stereocenters. The SMILES string of the molecule is CNC(C)CNS(=O)(=O)c1ccc2c(c1)CCO2.Cl. The van der Waals surface area contributed by atoms with E-state index in [9.17, 15) is 8.42 Å². The molecule has 0 bridgehead atoms. The molecule has 0 fully saturated rings. The van der Waals surface area contributed by atoms with Gasteiger partial charge in [-0.15, -0.1) is 12.4 Å². The Kier molecular flexibility index (Phi) is 5.61. The zero-order valence-corrected chi connectivity index (χ0v) is 12.6. The van der Waals surface area contributed by atoms with Crippen LogP contribution in [0.2, 0.25) is 0 Å². The number of halogens is 1. The Morgan fingerprint density at radius 2 is 2.16 bits per heavy atom. The minimum Gasteiger partial charge on any atom is -0.493 e. The number of hydrogen-bond acceptors (Lipinski definition) is 4. The van der Waals surface area contributed by atoms with E-state index in [-0.39, 0.29) is 18.4 Å². The lowest BCUT2D eigenvalue weighted by Gasteiger charge is -2.12. The van der Waals surface area contributed by atoms with Gasteiger partial charge in [-0.05, 0) is 37.7 Å². The average molecular weight is 307 g/mol. The predicted molar refractivity (Wildman–Crippen MR) is 76.6 cm³/mol. The van der Waals surface area contributed by atoms with Crippen LogP contribution in [0.3, 0.4) is 0 Å². The van der Waals surface area contributed by atoms with Crippen LogP contribution in [0.25, 0.3) is 0 Å². The molecule has 0 spiro atoms.